The molecule has 2 aromatic rings. The van der Waals surface area contributed by atoms with Crippen LogP contribution >= 0.6 is 24.0 Å². The Hall–Kier alpha value is -2.42. The molecule has 2 fully saturated rings. The molecular formula is C22H23N3O3S2. The van der Waals surface area contributed by atoms with Gasteiger partial charge in [-0.3, -0.25) is 14.5 Å². The minimum Gasteiger partial charge on any atom is -0.457 e. The van der Waals surface area contributed by atoms with Crippen LogP contribution in [0.3, 0.4) is 0 Å². The highest BCUT2D eigenvalue weighted by molar-refractivity contribution is 8.26. The molecule has 2 saturated heterocycles. The number of carbonyl (C=O) groups is 2. The minimum absolute atomic E-state index is 0.0649. The standard InChI is InChI=1S/C22H23N3O3S2/c1-14(2)24-9-11-25(12-10-24)21(27)16-5-3-15(4-6-16)18-8-7-17(28-18)13-19-20(26)23-22(29)30-19/h3-8,13-14H,9-12H2,1-2H3,(H,23,26,29). The molecule has 156 valence electrons. The Bertz CT molecular complexity index is 1000. The monoisotopic (exact) mass is 441 g/mol. The molecule has 0 radical (unpaired) electrons. The third-order valence-electron chi connectivity index (χ3n) is 5.29. The maximum absolute atomic E-state index is 12.8. The van der Waals surface area contributed by atoms with E-state index in [2.05, 4.69) is 24.1 Å². The fraction of sp³-hybridized carbons (Fsp3) is 0.318. The summed E-state index contributed by atoms with van der Waals surface area (Å²) < 4.78 is 6.30. The zero-order chi connectivity index (χ0) is 21.3. The van der Waals surface area contributed by atoms with E-state index in [9.17, 15) is 9.59 Å². The van der Waals surface area contributed by atoms with E-state index >= 15 is 0 Å². The number of thiocarbonyl (C=S) groups is 1. The van der Waals surface area contributed by atoms with Crippen LogP contribution in [-0.2, 0) is 4.79 Å². The van der Waals surface area contributed by atoms with Gasteiger partial charge in [-0.15, -0.1) is 0 Å². The summed E-state index contributed by atoms with van der Waals surface area (Å²) in [7, 11) is 0. The maximum atomic E-state index is 12.8. The molecular weight excluding hydrogens is 418 g/mol. The van der Waals surface area contributed by atoms with Crippen molar-refractivity contribution in [2.45, 2.75) is 19.9 Å². The van der Waals surface area contributed by atoms with Gasteiger partial charge in [0.25, 0.3) is 11.8 Å². The molecule has 0 unspecified atom stereocenters. The SMILES string of the molecule is CC(C)N1CCN(C(=O)c2ccc(-c3ccc(C=C4SC(=S)NC4=O)o3)cc2)CC1. The quantitative estimate of drug-likeness (QED) is 0.578. The smallest absolute Gasteiger partial charge is 0.263 e. The lowest BCUT2D eigenvalue weighted by atomic mass is 10.1. The average Bonchev–Trinajstić information content (AvgIpc) is 3.33. The van der Waals surface area contributed by atoms with Crippen LogP contribution in [-0.4, -0.2) is 58.2 Å². The third kappa shape index (κ3) is 4.50. The molecule has 1 aromatic heterocycles. The second-order valence-corrected chi connectivity index (χ2v) is 9.27. The van der Waals surface area contributed by atoms with Crippen molar-refractivity contribution in [3.8, 4) is 11.3 Å². The molecule has 0 saturated carbocycles. The van der Waals surface area contributed by atoms with Crippen molar-refractivity contribution in [2.24, 2.45) is 0 Å². The van der Waals surface area contributed by atoms with Crippen LogP contribution in [0.4, 0.5) is 0 Å². The van der Waals surface area contributed by atoms with Gasteiger partial charge in [0, 0.05) is 49.4 Å². The number of benzene rings is 1. The van der Waals surface area contributed by atoms with Crippen LogP contribution in [0.1, 0.15) is 30.0 Å². The maximum Gasteiger partial charge on any atom is 0.263 e. The normalized spacial score (nSPS) is 19.0. The highest BCUT2D eigenvalue weighted by Crippen LogP contribution is 2.29. The van der Waals surface area contributed by atoms with Crippen LogP contribution in [0.15, 0.2) is 45.7 Å². The number of rotatable bonds is 4. The molecule has 0 bridgehead atoms. The van der Waals surface area contributed by atoms with Crippen molar-refractivity contribution in [3.05, 3.63) is 52.6 Å². The molecule has 3 heterocycles. The van der Waals surface area contributed by atoms with Crippen molar-refractivity contribution >= 4 is 46.2 Å². The van der Waals surface area contributed by atoms with Gasteiger partial charge in [-0.25, -0.2) is 0 Å². The van der Waals surface area contributed by atoms with Crippen LogP contribution in [0.5, 0.6) is 0 Å². The molecule has 0 aliphatic carbocycles. The minimum atomic E-state index is -0.208. The molecule has 4 rings (SSSR count). The Morgan fingerprint density at radius 1 is 1.13 bits per heavy atom. The number of piperazine rings is 1. The van der Waals surface area contributed by atoms with Gasteiger partial charge in [-0.2, -0.15) is 0 Å². The first-order valence-electron chi connectivity index (χ1n) is 9.89. The zero-order valence-electron chi connectivity index (χ0n) is 16.9. The van der Waals surface area contributed by atoms with Gasteiger partial charge < -0.3 is 14.6 Å². The molecule has 30 heavy (non-hydrogen) atoms. The number of nitrogens with zero attached hydrogens (tertiary/aromatic N) is 2. The van der Waals surface area contributed by atoms with Crippen LogP contribution in [0.2, 0.25) is 0 Å². The lowest BCUT2D eigenvalue weighted by molar-refractivity contribution is -0.115. The summed E-state index contributed by atoms with van der Waals surface area (Å²) in [5.74, 6) is 1.11. The molecule has 1 aromatic carbocycles. The third-order valence-corrected chi connectivity index (χ3v) is 6.45. The molecule has 1 N–H and O–H groups in total. The van der Waals surface area contributed by atoms with Gasteiger partial charge in [-0.05, 0) is 38.1 Å². The number of carbonyl (C=O) groups excluding carboxylic acids is 2. The summed E-state index contributed by atoms with van der Waals surface area (Å²) >= 11 is 6.22. The molecule has 0 spiro atoms. The highest BCUT2D eigenvalue weighted by Gasteiger charge is 2.24. The summed E-state index contributed by atoms with van der Waals surface area (Å²) in [6.07, 6.45) is 1.68. The van der Waals surface area contributed by atoms with Crippen LogP contribution in [0.25, 0.3) is 17.4 Å². The van der Waals surface area contributed by atoms with Crippen molar-refractivity contribution in [2.75, 3.05) is 26.2 Å². The first kappa shape index (κ1) is 20.8. The van der Waals surface area contributed by atoms with Crippen molar-refractivity contribution in [3.63, 3.8) is 0 Å². The summed E-state index contributed by atoms with van der Waals surface area (Å²) in [4.78, 5) is 29.4. The summed E-state index contributed by atoms with van der Waals surface area (Å²) in [5.41, 5.74) is 1.55. The fourth-order valence-electron chi connectivity index (χ4n) is 3.54. The number of thioether (sulfide) groups is 1. The van der Waals surface area contributed by atoms with Crippen LogP contribution in [0, 0.1) is 0 Å². The molecule has 2 amide bonds. The van der Waals surface area contributed by atoms with Crippen molar-refractivity contribution in [1.82, 2.24) is 15.1 Å². The largest absolute Gasteiger partial charge is 0.457 e. The van der Waals surface area contributed by atoms with Gasteiger partial charge in [0.2, 0.25) is 0 Å². The Morgan fingerprint density at radius 2 is 1.83 bits per heavy atom. The summed E-state index contributed by atoms with van der Waals surface area (Å²) in [6.45, 7) is 7.69. The predicted molar refractivity (Wildman–Crippen MR) is 123 cm³/mol. The molecule has 0 atom stereocenters. The lowest BCUT2D eigenvalue weighted by Crippen LogP contribution is -2.50. The van der Waals surface area contributed by atoms with Gasteiger partial charge >= 0.3 is 0 Å². The molecule has 2 aliphatic heterocycles. The summed E-state index contributed by atoms with van der Waals surface area (Å²) in [6, 6.07) is 11.6. The zero-order valence-corrected chi connectivity index (χ0v) is 18.5. The van der Waals surface area contributed by atoms with E-state index in [1.54, 1.807) is 6.08 Å². The van der Waals surface area contributed by atoms with Gasteiger partial charge in [-0.1, -0.05) is 36.1 Å². The van der Waals surface area contributed by atoms with E-state index in [-0.39, 0.29) is 11.8 Å². The van der Waals surface area contributed by atoms with E-state index in [1.165, 1.54) is 11.8 Å². The second-order valence-electron chi connectivity index (χ2n) is 7.55. The Morgan fingerprint density at radius 3 is 2.43 bits per heavy atom. The number of nitrogens with one attached hydrogen (secondary N) is 1. The number of furan rings is 1. The van der Waals surface area contributed by atoms with Gasteiger partial charge in [0.05, 0.1) is 4.91 Å². The topological polar surface area (TPSA) is 65.8 Å². The number of hydrogen-bond acceptors (Lipinski definition) is 6. The Balaban J connectivity index is 1.42. The van der Waals surface area contributed by atoms with E-state index in [0.29, 0.717) is 32.4 Å². The van der Waals surface area contributed by atoms with Gasteiger partial charge in [0.15, 0.2) is 0 Å². The predicted octanol–water partition coefficient (Wildman–Crippen LogP) is 3.60. The summed E-state index contributed by atoms with van der Waals surface area (Å²) in [5, 5.41) is 2.58. The first-order valence-corrected chi connectivity index (χ1v) is 11.1. The number of hydrogen-bond donors (Lipinski definition) is 1. The average molecular weight is 442 g/mol. The van der Waals surface area contributed by atoms with Crippen molar-refractivity contribution < 1.29 is 14.0 Å². The van der Waals surface area contributed by atoms with Gasteiger partial charge in [0.1, 0.15) is 15.8 Å². The second kappa shape index (κ2) is 8.75. The van der Waals surface area contributed by atoms with E-state index in [1.807, 2.05) is 41.3 Å². The Kier molecular flexibility index (Phi) is 6.08. The molecule has 8 heteroatoms. The fourth-order valence-corrected chi connectivity index (χ4v) is 4.56. The van der Waals surface area contributed by atoms with E-state index < -0.39 is 0 Å². The first-order chi connectivity index (χ1) is 14.4. The van der Waals surface area contributed by atoms with Crippen molar-refractivity contribution in [1.29, 1.82) is 0 Å². The lowest BCUT2D eigenvalue weighted by Gasteiger charge is -2.37. The van der Waals surface area contributed by atoms with E-state index in [4.69, 9.17) is 16.6 Å². The van der Waals surface area contributed by atoms with Crippen LogP contribution < -0.4 is 5.32 Å². The Labute approximate surface area is 185 Å². The molecule has 6 nitrogen and oxygen atoms in total. The highest BCUT2D eigenvalue weighted by atomic mass is 32.2. The van der Waals surface area contributed by atoms with E-state index in [0.717, 1.165) is 31.7 Å². The molecule has 2 aliphatic rings. The number of amides is 2.